The summed E-state index contributed by atoms with van der Waals surface area (Å²) in [6, 6.07) is 0. The van der Waals surface area contributed by atoms with Crippen LogP contribution in [0.4, 0.5) is 5.82 Å². The zero-order valence-corrected chi connectivity index (χ0v) is 10.5. The highest BCUT2D eigenvalue weighted by molar-refractivity contribution is 5.29. The Kier molecular flexibility index (Phi) is 4.28. The van der Waals surface area contributed by atoms with Gasteiger partial charge in [0.1, 0.15) is 5.82 Å². The predicted molar refractivity (Wildman–Crippen MR) is 66.9 cm³/mol. The average molecular weight is 236 g/mol. The molecule has 0 aromatic carbocycles. The minimum Gasteiger partial charge on any atom is -0.377 e. The van der Waals surface area contributed by atoms with Gasteiger partial charge in [-0.2, -0.15) is 0 Å². The van der Waals surface area contributed by atoms with Crippen LogP contribution >= 0.6 is 0 Å². The van der Waals surface area contributed by atoms with Gasteiger partial charge in [0.15, 0.2) is 0 Å². The van der Waals surface area contributed by atoms with E-state index in [1.807, 2.05) is 13.2 Å². The highest BCUT2D eigenvalue weighted by Gasteiger charge is 2.17. The third-order valence-corrected chi connectivity index (χ3v) is 2.93. The first-order valence-corrected chi connectivity index (χ1v) is 6.07. The van der Waals surface area contributed by atoms with Crippen molar-refractivity contribution >= 4 is 5.82 Å². The molecule has 2 rings (SSSR count). The van der Waals surface area contributed by atoms with Crippen molar-refractivity contribution in [1.82, 2.24) is 14.9 Å². The van der Waals surface area contributed by atoms with Crippen LogP contribution in [-0.4, -0.2) is 48.2 Å². The van der Waals surface area contributed by atoms with Gasteiger partial charge in [0, 0.05) is 26.7 Å². The fourth-order valence-corrected chi connectivity index (χ4v) is 2.04. The molecule has 1 saturated heterocycles. The summed E-state index contributed by atoms with van der Waals surface area (Å²) in [6.45, 7) is 2.70. The Morgan fingerprint density at radius 3 is 2.94 bits per heavy atom. The molecule has 17 heavy (non-hydrogen) atoms. The van der Waals surface area contributed by atoms with Crippen molar-refractivity contribution in [2.75, 3.05) is 32.6 Å². The van der Waals surface area contributed by atoms with Crippen LogP contribution in [0.5, 0.6) is 0 Å². The lowest BCUT2D eigenvalue weighted by Crippen LogP contribution is -2.28. The van der Waals surface area contributed by atoms with Gasteiger partial charge in [0.2, 0.25) is 0 Å². The van der Waals surface area contributed by atoms with Gasteiger partial charge >= 0.3 is 0 Å². The minimum atomic E-state index is 0.393. The Balaban J connectivity index is 1.81. The quantitative estimate of drug-likeness (QED) is 0.830. The Morgan fingerprint density at radius 1 is 1.47 bits per heavy atom. The van der Waals surface area contributed by atoms with Crippen LogP contribution < -0.4 is 5.32 Å². The summed E-state index contributed by atoms with van der Waals surface area (Å²) in [7, 11) is 3.93. The summed E-state index contributed by atoms with van der Waals surface area (Å²) >= 11 is 0. The molecule has 1 fully saturated rings. The molecule has 1 atom stereocenters. The second-order valence-electron chi connectivity index (χ2n) is 4.47. The molecule has 0 spiro atoms. The maximum absolute atomic E-state index is 5.61. The van der Waals surface area contributed by atoms with Gasteiger partial charge in [-0.3, -0.25) is 9.88 Å². The molecule has 1 aliphatic heterocycles. The van der Waals surface area contributed by atoms with Crippen LogP contribution in [0.3, 0.4) is 0 Å². The first-order valence-electron chi connectivity index (χ1n) is 6.07. The summed E-state index contributed by atoms with van der Waals surface area (Å²) in [5.41, 5.74) is 0.990. The van der Waals surface area contributed by atoms with Crippen molar-refractivity contribution in [3.05, 3.63) is 18.1 Å². The maximum atomic E-state index is 5.61. The molecule has 5 nitrogen and oxygen atoms in total. The van der Waals surface area contributed by atoms with Gasteiger partial charge in [-0.25, -0.2) is 4.98 Å². The smallest absolute Gasteiger partial charge is 0.144 e. The van der Waals surface area contributed by atoms with Gasteiger partial charge in [0.25, 0.3) is 0 Å². The number of rotatable bonds is 5. The third kappa shape index (κ3) is 3.64. The van der Waals surface area contributed by atoms with Gasteiger partial charge in [0.05, 0.1) is 24.2 Å². The zero-order valence-electron chi connectivity index (χ0n) is 10.5. The maximum Gasteiger partial charge on any atom is 0.144 e. The molecule has 1 aromatic heterocycles. The molecule has 0 radical (unpaired) electrons. The van der Waals surface area contributed by atoms with Crippen LogP contribution in [0.1, 0.15) is 18.5 Å². The van der Waals surface area contributed by atoms with Crippen molar-refractivity contribution in [3.63, 3.8) is 0 Å². The lowest BCUT2D eigenvalue weighted by Gasteiger charge is -2.19. The van der Waals surface area contributed by atoms with Crippen molar-refractivity contribution in [2.45, 2.75) is 25.5 Å². The molecule has 1 N–H and O–H groups in total. The summed E-state index contributed by atoms with van der Waals surface area (Å²) in [6.07, 6.45) is 6.33. The molecule has 0 bridgehead atoms. The topological polar surface area (TPSA) is 50.3 Å². The standard InChI is InChI=1S/C12H20N4O/c1-13-12-7-14-10(6-15-12)8-16(2)9-11-4-3-5-17-11/h6-7,11H,3-5,8-9H2,1-2H3,(H,13,15). The van der Waals surface area contributed by atoms with Gasteiger partial charge < -0.3 is 10.1 Å². The van der Waals surface area contributed by atoms with Crippen LogP contribution in [0.2, 0.25) is 0 Å². The minimum absolute atomic E-state index is 0.393. The van der Waals surface area contributed by atoms with E-state index >= 15 is 0 Å². The number of nitrogens with zero attached hydrogens (tertiary/aromatic N) is 3. The van der Waals surface area contributed by atoms with E-state index in [0.29, 0.717) is 6.10 Å². The van der Waals surface area contributed by atoms with Crippen LogP contribution in [0.25, 0.3) is 0 Å². The van der Waals surface area contributed by atoms with Crippen LogP contribution in [-0.2, 0) is 11.3 Å². The largest absolute Gasteiger partial charge is 0.377 e. The molecule has 1 aliphatic rings. The van der Waals surface area contributed by atoms with Gasteiger partial charge in [-0.05, 0) is 19.9 Å². The molecule has 1 unspecified atom stereocenters. The summed E-state index contributed by atoms with van der Waals surface area (Å²) < 4.78 is 5.61. The number of anilines is 1. The molecule has 0 saturated carbocycles. The number of likely N-dealkylation sites (N-methyl/N-ethyl adjacent to an activating group) is 1. The van der Waals surface area contributed by atoms with E-state index in [0.717, 1.165) is 31.2 Å². The fraction of sp³-hybridized carbons (Fsp3) is 0.667. The van der Waals surface area contributed by atoms with Crippen LogP contribution in [0.15, 0.2) is 12.4 Å². The second kappa shape index (κ2) is 5.93. The second-order valence-corrected chi connectivity index (χ2v) is 4.47. The van der Waals surface area contributed by atoms with Crippen LogP contribution in [0, 0.1) is 0 Å². The first kappa shape index (κ1) is 12.3. The number of hydrogen-bond donors (Lipinski definition) is 1. The molecule has 1 aromatic rings. The fourth-order valence-electron chi connectivity index (χ4n) is 2.04. The first-order chi connectivity index (χ1) is 8.28. The van der Waals surface area contributed by atoms with E-state index < -0.39 is 0 Å². The number of ether oxygens (including phenoxy) is 1. The van der Waals surface area contributed by atoms with E-state index in [4.69, 9.17) is 4.74 Å². The van der Waals surface area contributed by atoms with Crippen molar-refractivity contribution in [3.8, 4) is 0 Å². The molecule has 5 heteroatoms. The van der Waals surface area contributed by atoms with E-state index in [2.05, 4.69) is 27.2 Å². The summed E-state index contributed by atoms with van der Waals surface area (Å²) in [5, 5.41) is 2.96. The Morgan fingerprint density at radius 2 is 2.35 bits per heavy atom. The molecule has 0 aliphatic carbocycles. The summed E-state index contributed by atoms with van der Waals surface area (Å²) in [5.74, 6) is 0.801. The SMILES string of the molecule is CNc1cnc(CN(C)CC2CCCO2)cn1. The van der Waals surface area contributed by atoms with Crippen molar-refractivity contribution in [1.29, 1.82) is 0 Å². The molecule has 2 heterocycles. The highest BCUT2D eigenvalue weighted by Crippen LogP contribution is 2.13. The summed E-state index contributed by atoms with van der Waals surface area (Å²) in [4.78, 5) is 10.8. The van der Waals surface area contributed by atoms with Gasteiger partial charge in [-0.15, -0.1) is 0 Å². The average Bonchev–Trinajstić information content (AvgIpc) is 2.82. The lowest BCUT2D eigenvalue weighted by atomic mass is 10.2. The normalized spacial score (nSPS) is 19.8. The number of hydrogen-bond acceptors (Lipinski definition) is 5. The van der Waals surface area contributed by atoms with E-state index in [-0.39, 0.29) is 0 Å². The van der Waals surface area contributed by atoms with Crippen molar-refractivity contribution in [2.24, 2.45) is 0 Å². The Labute approximate surface area is 102 Å². The van der Waals surface area contributed by atoms with Gasteiger partial charge in [-0.1, -0.05) is 0 Å². The molecular weight excluding hydrogens is 216 g/mol. The Hall–Kier alpha value is -1.20. The lowest BCUT2D eigenvalue weighted by molar-refractivity contribution is 0.0789. The predicted octanol–water partition coefficient (Wildman–Crippen LogP) is 1.13. The molecular formula is C12H20N4O. The van der Waals surface area contributed by atoms with E-state index in [9.17, 15) is 0 Å². The zero-order chi connectivity index (χ0) is 12.1. The van der Waals surface area contributed by atoms with E-state index in [1.165, 1.54) is 12.8 Å². The third-order valence-electron chi connectivity index (χ3n) is 2.93. The molecule has 0 amide bonds. The Bertz CT molecular complexity index is 335. The van der Waals surface area contributed by atoms with E-state index in [1.54, 1.807) is 6.20 Å². The highest BCUT2D eigenvalue weighted by atomic mass is 16.5. The van der Waals surface area contributed by atoms with Crippen molar-refractivity contribution < 1.29 is 4.74 Å². The molecule has 94 valence electrons. The monoisotopic (exact) mass is 236 g/mol. The number of nitrogens with one attached hydrogen (secondary N) is 1. The number of aromatic nitrogens is 2.